The molecule has 3 aromatic rings. The van der Waals surface area contributed by atoms with Crippen LogP contribution in [0.4, 0.5) is 28.0 Å². The minimum absolute atomic E-state index is 0.0228. The van der Waals surface area contributed by atoms with E-state index in [0.29, 0.717) is 30.4 Å². The maximum atomic E-state index is 14.8. The maximum absolute atomic E-state index is 14.8. The quantitative estimate of drug-likeness (QED) is 0.395. The Morgan fingerprint density at radius 1 is 1.06 bits per heavy atom. The number of benzene rings is 1. The number of anilines is 1. The lowest BCUT2D eigenvalue weighted by Gasteiger charge is -2.36. The number of hydrogen-bond acceptors (Lipinski definition) is 3. The zero-order valence-electron chi connectivity index (χ0n) is 16.4. The summed E-state index contributed by atoms with van der Waals surface area (Å²) in [6.45, 7) is 0. The lowest BCUT2D eigenvalue weighted by molar-refractivity contribution is 0.178. The minimum Gasteiger partial charge on any atom is -0.314 e. The molecule has 2 aliphatic heterocycles. The van der Waals surface area contributed by atoms with Crippen LogP contribution in [0.5, 0.6) is 0 Å². The Hall–Kier alpha value is -3.20. The maximum Gasteiger partial charge on any atom is 0.322 e. The van der Waals surface area contributed by atoms with E-state index < -0.39 is 29.6 Å². The van der Waals surface area contributed by atoms with Gasteiger partial charge in [0.2, 0.25) is 11.9 Å². The van der Waals surface area contributed by atoms with E-state index >= 15 is 0 Å². The second kappa shape index (κ2) is 7.74. The van der Waals surface area contributed by atoms with Gasteiger partial charge in [0, 0.05) is 35.1 Å². The fraction of sp³-hybridized carbons (Fsp3) is 0.227. The van der Waals surface area contributed by atoms with Gasteiger partial charge in [-0.15, -0.1) is 0 Å². The van der Waals surface area contributed by atoms with E-state index in [1.165, 1.54) is 12.3 Å². The van der Waals surface area contributed by atoms with E-state index in [1.54, 1.807) is 11.0 Å². The van der Waals surface area contributed by atoms with Crippen LogP contribution in [0.15, 0.2) is 36.7 Å². The Labute approximate surface area is 185 Å². The van der Waals surface area contributed by atoms with Crippen molar-refractivity contribution in [2.45, 2.75) is 31.3 Å². The van der Waals surface area contributed by atoms with Crippen molar-refractivity contribution >= 4 is 23.3 Å². The molecule has 2 atom stereocenters. The van der Waals surface area contributed by atoms with Gasteiger partial charge in [-0.05, 0) is 49.1 Å². The van der Waals surface area contributed by atoms with Crippen molar-refractivity contribution in [1.82, 2.24) is 14.9 Å². The van der Waals surface area contributed by atoms with Crippen LogP contribution >= 0.6 is 11.6 Å². The van der Waals surface area contributed by atoms with Crippen LogP contribution in [-0.4, -0.2) is 26.9 Å². The SMILES string of the molecule is O=C(Nc1cc(Cl)c(-c2cnc(F)c(F)c2)cc1F)N1[C@H]2CC[C@@H]1c1ccnc(F)c1C2. The smallest absolute Gasteiger partial charge is 0.314 e. The van der Waals surface area contributed by atoms with Crippen molar-refractivity contribution < 1.29 is 22.4 Å². The summed E-state index contributed by atoms with van der Waals surface area (Å²) in [5.74, 6) is -3.80. The summed E-state index contributed by atoms with van der Waals surface area (Å²) in [5.41, 5.74) is 1.25. The first-order chi connectivity index (χ1) is 15.3. The Balaban J connectivity index is 1.42. The number of nitrogens with zero attached hydrogens (tertiary/aromatic N) is 3. The van der Waals surface area contributed by atoms with Crippen LogP contribution in [0, 0.1) is 23.5 Å². The van der Waals surface area contributed by atoms with Gasteiger partial charge in [0.1, 0.15) is 5.82 Å². The summed E-state index contributed by atoms with van der Waals surface area (Å²) in [5, 5.41) is 2.56. The molecule has 1 saturated heterocycles. The Morgan fingerprint density at radius 3 is 2.66 bits per heavy atom. The monoisotopic (exact) mass is 462 g/mol. The van der Waals surface area contributed by atoms with Crippen molar-refractivity contribution in [2.24, 2.45) is 0 Å². The number of carbonyl (C=O) groups is 1. The molecule has 0 saturated carbocycles. The molecule has 0 unspecified atom stereocenters. The molecular weight excluding hydrogens is 448 g/mol. The van der Waals surface area contributed by atoms with E-state index in [4.69, 9.17) is 11.6 Å². The number of urea groups is 1. The van der Waals surface area contributed by atoms with Gasteiger partial charge >= 0.3 is 6.03 Å². The second-order valence-corrected chi connectivity index (χ2v) is 8.17. The topological polar surface area (TPSA) is 58.1 Å². The number of amides is 2. The summed E-state index contributed by atoms with van der Waals surface area (Å²) >= 11 is 6.23. The van der Waals surface area contributed by atoms with Gasteiger partial charge in [-0.2, -0.15) is 8.78 Å². The number of halogens is 5. The highest BCUT2D eigenvalue weighted by molar-refractivity contribution is 6.33. The van der Waals surface area contributed by atoms with Crippen LogP contribution in [0.25, 0.3) is 11.1 Å². The van der Waals surface area contributed by atoms with Crippen LogP contribution in [-0.2, 0) is 6.42 Å². The third-order valence-corrected chi connectivity index (χ3v) is 6.29. The number of fused-ring (bicyclic) bond motifs is 4. The molecule has 5 nitrogen and oxygen atoms in total. The van der Waals surface area contributed by atoms with Crippen molar-refractivity contribution in [3.05, 3.63) is 76.3 Å². The third kappa shape index (κ3) is 3.37. The van der Waals surface area contributed by atoms with E-state index in [2.05, 4.69) is 15.3 Å². The number of pyridine rings is 2. The Bertz CT molecular complexity index is 1250. The van der Waals surface area contributed by atoms with E-state index in [9.17, 15) is 22.4 Å². The molecule has 0 aliphatic carbocycles. The van der Waals surface area contributed by atoms with E-state index in [1.807, 2.05) is 0 Å². The molecule has 1 aromatic carbocycles. The largest absolute Gasteiger partial charge is 0.322 e. The molecule has 5 rings (SSSR count). The normalized spacial score (nSPS) is 19.1. The second-order valence-electron chi connectivity index (χ2n) is 7.77. The van der Waals surface area contributed by atoms with Gasteiger partial charge in [0.15, 0.2) is 5.82 Å². The predicted molar refractivity (Wildman–Crippen MR) is 109 cm³/mol. The molecule has 10 heteroatoms. The first-order valence-electron chi connectivity index (χ1n) is 9.86. The Morgan fingerprint density at radius 2 is 1.88 bits per heavy atom. The average Bonchev–Trinajstić information content (AvgIpc) is 3.08. The molecule has 1 fully saturated rings. The first kappa shape index (κ1) is 20.7. The van der Waals surface area contributed by atoms with Crippen LogP contribution < -0.4 is 5.32 Å². The molecule has 2 bridgehead atoms. The van der Waals surface area contributed by atoms with Crippen molar-refractivity contribution in [3.63, 3.8) is 0 Å². The standard InChI is InChI=1S/C22H15ClF4N4O/c23-15-8-18(16(24)7-13(15)10-5-17(25)21(27)29-9-10)30-22(32)31-11-1-2-19(31)12-3-4-28-20(26)14(12)6-11/h3-5,7-9,11,19H,1-2,6H2,(H,30,32)/t11-,19+/m0/s1. The Kier molecular flexibility index (Phi) is 5.00. The highest BCUT2D eigenvalue weighted by Crippen LogP contribution is 2.44. The average molecular weight is 463 g/mol. The van der Waals surface area contributed by atoms with Crippen LogP contribution in [0.2, 0.25) is 5.02 Å². The number of rotatable bonds is 2. The molecule has 2 amide bonds. The van der Waals surface area contributed by atoms with Gasteiger partial charge in [-0.25, -0.2) is 23.5 Å². The van der Waals surface area contributed by atoms with Gasteiger partial charge in [0.05, 0.1) is 16.8 Å². The molecule has 0 radical (unpaired) electrons. The molecule has 32 heavy (non-hydrogen) atoms. The van der Waals surface area contributed by atoms with Gasteiger partial charge in [-0.1, -0.05) is 11.6 Å². The summed E-state index contributed by atoms with van der Waals surface area (Å²) in [6.07, 6.45) is 4.10. The summed E-state index contributed by atoms with van der Waals surface area (Å²) < 4.78 is 55.5. The number of hydrogen-bond donors (Lipinski definition) is 1. The molecular formula is C22H15ClF4N4O. The van der Waals surface area contributed by atoms with Crippen LogP contribution in [0.1, 0.15) is 30.0 Å². The molecule has 1 N–H and O–H groups in total. The predicted octanol–water partition coefficient (Wildman–Crippen LogP) is 5.65. The molecule has 164 valence electrons. The first-order valence-corrected chi connectivity index (χ1v) is 10.2. The number of aromatic nitrogens is 2. The van der Waals surface area contributed by atoms with Gasteiger partial charge < -0.3 is 10.2 Å². The minimum atomic E-state index is -1.28. The molecule has 0 spiro atoms. The van der Waals surface area contributed by atoms with Crippen molar-refractivity contribution in [1.29, 1.82) is 0 Å². The molecule has 2 aromatic heterocycles. The van der Waals surface area contributed by atoms with Gasteiger partial charge in [0.25, 0.3) is 0 Å². The highest BCUT2D eigenvalue weighted by atomic mass is 35.5. The lowest BCUT2D eigenvalue weighted by atomic mass is 9.95. The highest BCUT2D eigenvalue weighted by Gasteiger charge is 2.43. The van der Waals surface area contributed by atoms with E-state index in [0.717, 1.165) is 18.3 Å². The summed E-state index contributed by atoms with van der Waals surface area (Å²) in [6, 6.07) is 3.70. The number of carbonyl (C=O) groups excluding carboxylic acids is 1. The fourth-order valence-corrected chi connectivity index (χ4v) is 4.81. The number of nitrogens with one attached hydrogen (secondary N) is 1. The third-order valence-electron chi connectivity index (χ3n) is 5.98. The lowest BCUT2D eigenvalue weighted by Crippen LogP contribution is -2.44. The molecule has 2 aliphatic rings. The zero-order valence-corrected chi connectivity index (χ0v) is 17.1. The molecule has 4 heterocycles. The van der Waals surface area contributed by atoms with E-state index in [-0.39, 0.29) is 33.9 Å². The van der Waals surface area contributed by atoms with Gasteiger partial charge in [-0.3, -0.25) is 0 Å². The van der Waals surface area contributed by atoms with Crippen molar-refractivity contribution in [2.75, 3.05) is 5.32 Å². The van der Waals surface area contributed by atoms with Crippen LogP contribution in [0.3, 0.4) is 0 Å². The zero-order chi connectivity index (χ0) is 22.6. The fourth-order valence-electron chi connectivity index (χ4n) is 4.54. The summed E-state index contributed by atoms with van der Waals surface area (Å²) in [4.78, 5) is 21.6. The summed E-state index contributed by atoms with van der Waals surface area (Å²) in [7, 11) is 0. The van der Waals surface area contributed by atoms with Crippen molar-refractivity contribution in [3.8, 4) is 11.1 Å².